The molecule has 1 aromatic carbocycles. The smallest absolute Gasteiger partial charge is 0.157 e. The van der Waals surface area contributed by atoms with Gasteiger partial charge in [0.05, 0.1) is 12.4 Å². The number of nitrogens with one attached hydrogen (secondary N) is 1. The average Bonchev–Trinajstić information content (AvgIpc) is 2.95. The molecule has 1 aromatic heterocycles. The van der Waals surface area contributed by atoms with Gasteiger partial charge in [0, 0.05) is 12.6 Å². The fraction of sp³-hybridized carbons (Fsp3) is 0.471. The van der Waals surface area contributed by atoms with Crippen molar-refractivity contribution in [3.8, 4) is 5.75 Å². The number of hydrogen-bond acceptors (Lipinski definition) is 3. The number of likely N-dealkylation sites (N-methyl/N-ethyl adjacent to an activating group) is 1. The third kappa shape index (κ3) is 4.33. The summed E-state index contributed by atoms with van der Waals surface area (Å²) in [4.78, 5) is 0. The minimum absolute atomic E-state index is 0.357. The summed E-state index contributed by atoms with van der Waals surface area (Å²) >= 11 is 0. The number of aromatic nitrogens is 2. The molecule has 0 aliphatic carbocycles. The quantitative estimate of drug-likeness (QED) is 0.848. The first kappa shape index (κ1) is 15.6. The van der Waals surface area contributed by atoms with Gasteiger partial charge in [0.25, 0.3) is 0 Å². The highest BCUT2D eigenvalue weighted by Gasteiger charge is 2.05. The standard InChI is InChI=1S/C17H25N3O/c1-13(2)20-11-17(10-19-20)21-12-15-5-7-16(8-6-15)14(3)9-18-4/h5-8,10-11,13-14,18H,9,12H2,1-4H3. The van der Waals surface area contributed by atoms with Crippen LogP contribution in [0.2, 0.25) is 0 Å². The fourth-order valence-electron chi connectivity index (χ4n) is 2.21. The molecule has 0 saturated carbocycles. The van der Waals surface area contributed by atoms with Gasteiger partial charge in [0.1, 0.15) is 6.61 Å². The van der Waals surface area contributed by atoms with Crippen LogP contribution in [0.3, 0.4) is 0 Å². The van der Waals surface area contributed by atoms with Gasteiger partial charge in [-0.05, 0) is 37.9 Å². The van der Waals surface area contributed by atoms with Crippen molar-refractivity contribution in [3.05, 3.63) is 47.8 Å². The van der Waals surface area contributed by atoms with E-state index in [4.69, 9.17) is 4.74 Å². The number of nitrogens with zero attached hydrogens (tertiary/aromatic N) is 2. The molecule has 0 aliphatic rings. The Morgan fingerprint density at radius 1 is 1.19 bits per heavy atom. The highest BCUT2D eigenvalue weighted by molar-refractivity contribution is 5.25. The third-order valence-electron chi connectivity index (χ3n) is 3.57. The lowest BCUT2D eigenvalue weighted by Gasteiger charge is -2.12. The minimum atomic E-state index is 0.357. The van der Waals surface area contributed by atoms with Gasteiger partial charge in [0.2, 0.25) is 0 Å². The molecule has 4 nitrogen and oxygen atoms in total. The lowest BCUT2D eigenvalue weighted by molar-refractivity contribution is 0.305. The summed E-state index contributed by atoms with van der Waals surface area (Å²) in [7, 11) is 1.98. The highest BCUT2D eigenvalue weighted by Crippen LogP contribution is 2.17. The van der Waals surface area contributed by atoms with Crippen LogP contribution in [0.1, 0.15) is 43.9 Å². The largest absolute Gasteiger partial charge is 0.486 e. The summed E-state index contributed by atoms with van der Waals surface area (Å²) in [5, 5.41) is 7.48. The topological polar surface area (TPSA) is 39.1 Å². The van der Waals surface area contributed by atoms with E-state index >= 15 is 0 Å². The van der Waals surface area contributed by atoms with Crippen molar-refractivity contribution in [2.45, 2.75) is 39.3 Å². The zero-order valence-corrected chi connectivity index (χ0v) is 13.3. The molecule has 0 radical (unpaired) electrons. The summed E-state index contributed by atoms with van der Waals surface area (Å²) in [5.74, 6) is 1.34. The second-order valence-corrected chi connectivity index (χ2v) is 5.74. The van der Waals surface area contributed by atoms with Gasteiger partial charge in [-0.25, -0.2) is 0 Å². The van der Waals surface area contributed by atoms with Crippen LogP contribution in [0.5, 0.6) is 5.75 Å². The average molecular weight is 287 g/mol. The first-order valence-electron chi connectivity index (χ1n) is 7.50. The van der Waals surface area contributed by atoms with E-state index in [1.165, 1.54) is 11.1 Å². The predicted octanol–water partition coefficient (Wildman–Crippen LogP) is 3.37. The van der Waals surface area contributed by atoms with Crippen LogP contribution >= 0.6 is 0 Å². The van der Waals surface area contributed by atoms with Crippen LogP contribution in [0.4, 0.5) is 0 Å². The van der Waals surface area contributed by atoms with Gasteiger partial charge in [-0.15, -0.1) is 0 Å². The maximum atomic E-state index is 5.78. The van der Waals surface area contributed by atoms with Crippen molar-refractivity contribution in [3.63, 3.8) is 0 Å². The first-order valence-corrected chi connectivity index (χ1v) is 7.50. The Morgan fingerprint density at radius 2 is 1.90 bits per heavy atom. The molecule has 0 aliphatic heterocycles. The van der Waals surface area contributed by atoms with Crippen LogP contribution < -0.4 is 10.1 Å². The van der Waals surface area contributed by atoms with Crippen molar-refractivity contribution >= 4 is 0 Å². The molecule has 0 saturated heterocycles. The molecule has 0 amide bonds. The third-order valence-corrected chi connectivity index (χ3v) is 3.57. The van der Waals surface area contributed by atoms with Gasteiger partial charge in [-0.1, -0.05) is 31.2 Å². The Bertz CT molecular complexity index is 545. The van der Waals surface area contributed by atoms with Gasteiger partial charge in [0.15, 0.2) is 5.75 Å². The van der Waals surface area contributed by atoms with Crippen molar-refractivity contribution in [2.75, 3.05) is 13.6 Å². The number of benzene rings is 1. The van der Waals surface area contributed by atoms with E-state index in [0.29, 0.717) is 18.6 Å². The van der Waals surface area contributed by atoms with E-state index in [1.54, 1.807) is 6.20 Å². The van der Waals surface area contributed by atoms with Crippen LogP contribution in [-0.4, -0.2) is 23.4 Å². The number of ether oxygens (including phenoxy) is 1. The molecule has 2 rings (SSSR count). The molecular formula is C17H25N3O. The normalized spacial score (nSPS) is 12.6. The highest BCUT2D eigenvalue weighted by atomic mass is 16.5. The lowest BCUT2D eigenvalue weighted by atomic mass is 10.00. The second-order valence-electron chi connectivity index (χ2n) is 5.74. The lowest BCUT2D eigenvalue weighted by Crippen LogP contribution is -2.14. The molecule has 0 fully saturated rings. The Labute approximate surface area is 127 Å². The van der Waals surface area contributed by atoms with Crippen molar-refractivity contribution in [2.24, 2.45) is 0 Å². The fourth-order valence-corrected chi connectivity index (χ4v) is 2.21. The summed E-state index contributed by atoms with van der Waals surface area (Å²) in [5.41, 5.74) is 2.52. The van der Waals surface area contributed by atoms with Crippen LogP contribution in [0.25, 0.3) is 0 Å². The molecule has 4 heteroatoms. The molecule has 1 atom stereocenters. The maximum Gasteiger partial charge on any atom is 0.157 e. The number of rotatable bonds is 7. The molecule has 1 N–H and O–H groups in total. The van der Waals surface area contributed by atoms with E-state index < -0.39 is 0 Å². The van der Waals surface area contributed by atoms with E-state index in [-0.39, 0.29) is 0 Å². The molecule has 114 valence electrons. The Kier molecular flexibility index (Phi) is 5.39. The minimum Gasteiger partial charge on any atom is -0.486 e. The van der Waals surface area contributed by atoms with Gasteiger partial charge < -0.3 is 10.1 Å². The molecule has 2 aromatic rings. The first-order chi connectivity index (χ1) is 10.1. The Balaban J connectivity index is 1.91. The monoisotopic (exact) mass is 287 g/mol. The van der Waals surface area contributed by atoms with Crippen molar-refractivity contribution < 1.29 is 4.74 Å². The molecule has 1 unspecified atom stereocenters. The van der Waals surface area contributed by atoms with Crippen molar-refractivity contribution in [1.82, 2.24) is 15.1 Å². The Hall–Kier alpha value is -1.81. The summed E-state index contributed by atoms with van der Waals surface area (Å²) < 4.78 is 7.68. The van der Waals surface area contributed by atoms with E-state index in [0.717, 1.165) is 12.3 Å². The molecule has 0 spiro atoms. The summed E-state index contributed by atoms with van der Waals surface area (Å²) in [6, 6.07) is 8.98. The van der Waals surface area contributed by atoms with E-state index in [2.05, 4.69) is 55.5 Å². The van der Waals surface area contributed by atoms with E-state index in [1.807, 2.05) is 17.9 Å². The van der Waals surface area contributed by atoms with Gasteiger partial charge >= 0.3 is 0 Å². The zero-order valence-electron chi connectivity index (χ0n) is 13.3. The van der Waals surface area contributed by atoms with Crippen LogP contribution in [-0.2, 0) is 6.61 Å². The predicted molar refractivity (Wildman–Crippen MR) is 85.7 cm³/mol. The molecule has 1 heterocycles. The maximum absolute atomic E-state index is 5.78. The van der Waals surface area contributed by atoms with Crippen molar-refractivity contribution in [1.29, 1.82) is 0 Å². The zero-order chi connectivity index (χ0) is 15.2. The summed E-state index contributed by atoms with van der Waals surface area (Å²) in [6.45, 7) is 7.99. The molecule has 21 heavy (non-hydrogen) atoms. The summed E-state index contributed by atoms with van der Waals surface area (Å²) in [6.07, 6.45) is 3.71. The Morgan fingerprint density at radius 3 is 2.48 bits per heavy atom. The second kappa shape index (κ2) is 7.27. The SMILES string of the molecule is CNCC(C)c1ccc(COc2cnn(C(C)C)c2)cc1. The van der Waals surface area contributed by atoms with E-state index in [9.17, 15) is 0 Å². The van der Waals surface area contributed by atoms with Crippen LogP contribution in [0.15, 0.2) is 36.7 Å². The molecule has 0 bridgehead atoms. The van der Waals surface area contributed by atoms with Crippen LogP contribution in [0, 0.1) is 0 Å². The van der Waals surface area contributed by atoms with Gasteiger partial charge in [-0.3, -0.25) is 4.68 Å². The number of hydrogen-bond donors (Lipinski definition) is 1. The molecular weight excluding hydrogens is 262 g/mol. The van der Waals surface area contributed by atoms with Gasteiger partial charge in [-0.2, -0.15) is 5.10 Å².